The summed E-state index contributed by atoms with van der Waals surface area (Å²) in [4.78, 5) is 16.6. The monoisotopic (exact) mass is 366 g/mol. The van der Waals surface area contributed by atoms with Gasteiger partial charge in [0, 0.05) is 37.1 Å². The molecule has 3 rings (SSSR count). The maximum absolute atomic E-state index is 12.5. The van der Waals surface area contributed by atoms with Crippen molar-refractivity contribution in [3.05, 3.63) is 28.3 Å². The predicted octanol–water partition coefficient (Wildman–Crippen LogP) is 4.03. The quantitative estimate of drug-likeness (QED) is 0.792. The fourth-order valence-corrected chi connectivity index (χ4v) is 3.55. The van der Waals surface area contributed by atoms with E-state index >= 15 is 0 Å². The van der Waals surface area contributed by atoms with Crippen molar-refractivity contribution >= 4 is 23.4 Å². The molecule has 0 aliphatic carbocycles. The molecule has 1 atom stereocenters. The van der Waals surface area contributed by atoms with Gasteiger partial charge in [-0.15, -0.1) is 0 Å². The highest BCUT2D eigenvalue weighted by atomic mass is 35.5. The van der Waals surface area contributed by atoms with Gasteiger partial charge in [0.05, 0.1) is 18.9 Å². The molecule has 25 heavy (non-hydrogen) atoms. The van der Waals surface area contributed by atoms with Crippen molar-refractivity contribution in [2.75, 3.05) is 37.7 Å². The Labute approximate surface area is 154 Å². The van der Waals surface area contributed by atoms with Gasteiger partial charge in [0.25, 0.3) is 0 Å². The molecule has 5 nitrogen and oxygen atoms in total. The third-order valence-corrected chi connectivity index (χ3v) is 4.94. The van der Waals surface area contributed by atoms with Crippen LogP contribution in [0.4, 0.5) is 10.5 Å². The fraction of sp³-hybridized carbons (Fsp3) is 0.632. The van der Waals surface area contributed by atoms with E-state index in [4.69, 9.17) is 21.1 Å². The fourth-order valence-electron chi connectivity index (χ4n) is 3.34. The molecule has 2 heterocycles. The number of hydrogen-bond acceptors (Lipinski definition) is 4. The number of halogens is 1. The van der Waals surface area contributed by atoms with E-state index in [2.05, 4.69) is 17.9 Å². The molecule has 0 bridgehead atoms. The molecular weight excluding hydrogens is 340 g/mol. The first-order valence-corrected chi connectivity index (χ1v) is 9.25. The SMILES string of the molecule is CC1CN(C(=O)OC(C)(C)C)c2cc(Cl)c(CN3CCOCC3)cc21. The molecule has 1 amide bonds. The minimum atomic E-state index is -0.511. The predicted molar refractivity (Wildman–Crippen MR) is 99.5 cm³/mol. The number of anilines is 1. The summed E-state index contributed by atoms with van der Waals surface area (Å²) in [6.07, 6.45) is -0.310. The van der Waals surface area contributed by atoms with E-state index in [0.29, 0.717) is 11.6 Å². The average molecular weight is 367 g/mol. The number of benzene rings is 1. The van der Waals surface area contributed by atoms with Crippen LogP contribution in [0.15, 0.2) is 12.1 Å². The van der Waals surface area contributed by atoms with Crippen LogP contribution in [-0.2, 0) is 16.0 Å². The van der Waals surface area contributed by atoms with Crippen molar-refractivity contribution in [3.8, 4) is 0 Å². The Morgan fingerprint density at radius 2 is 2.00 bits per heavy atom. The van der Waals surface area contributed by atoms with Gasteiger partial charge in [0.2, 0.25) is 0 Å². The summed E-state index contributed by atoms with van der Waals surface area (Å²) >= 11 is 6.54. The zero-order chi connectivity index (χ0) is 18.2. The first kappa shape index (κ1) is 18.5. The van der Waals surface area contributed by atoms with E-state index in [1.807, 2.05) is 26.8 Å². The number of carbonyl (C=O) groups excluding carboxylic acids is 1. The Morgan fingerprint density at radius 3 is 2.64 bits per heavy atom. The van der Waals surface area contributed by atoms with Gasteiger partial charge in [-0.05, 0) is 38.0 Å². The summed E-state index contributed by atoms with van der Waals surface area (Å²) in [5.74, 6) is 0.267. The van der Waals surface area contributed by atoms with E-state index in [9.17, 15) is 4.79 Å². The number of amides is 1. The van der Waals surface area contributed by atoms with Crippen LogP contribution in [0.2, 0.25) is 5.02 Å². The van der Waals surface area contributed by atoms with Gasteiger partial charge in [-0.2, -0.15) is 0 Å². The second kappa shape index (κ2) is 7.14. The van der Waals surface area contributed by atoms with Crippen LogP contribution in [-0.4, -0.2) is 49.4 Å². The molecule has 1 unspecified atom stereocenters. The minimum Gasteiger partial charge on any atom is -0.443 e. The molecule has 1 saturated heterocycles. The van der Waals surface area contributed by atoms with E-state index in [1.54, 1.807) is 4.90 Å². The van der Waals surface area contributed by atoms with E-state index in [0.717, 1.165) is 44.1 Å². The van der Waals surface area contributed by atoms with E-state index in [1.165, 1.54) is 5.56 Å². The van der Waals surface area contributed by atoms with Crippen molar-refractivity contribution < 1.29 is 14.3 Å². The Kier molecular flexibility index (Phi) is 5.28. The normalized spacial score (nSPS) is 21.3. The van der Waals surface area contributed by atoms with Gasteiger partial charge in [-0.3, -0.25) is 9.80 Å². The second-order valence-corrected chi connectivity index (χ2v) is 8.29. The standard InChI is InChI=1S/C19H27ClN2O3/c1-13-11-22(18(23)25-19(2,3)4)17-10-16(20)14(9-15(13)17)12-21-5-7-24-8-6-21/h9-10,13H,5-8,11-12H2,1-4H3. The minimum absolute atomic E-state index is 0.267. The number of ether oxygens (including phenoxy) is 2. The van der Waals surface area contributed by atoms with Crippen molar-refractivity contribution in [2.24, 2.45) is 0 Å². The lowest BCUT2D eigenvalue weighted by atomic mass is 10.0. The van der Waals surface area contributed by atoms with Crippen molar-refractivity contribution in [2.45, 2.75) is 45.8 Å². The van der Waals surface area contributed by atoms with Crippen LogP contribution in [0.5, 0.6) is 0 Å². The topological polar surface area (TPSA) is 42.0 Å². The molecule has 0 radical (unpaired) electrons. The van der Waals surface area contributed by atoms with Gasteiger partial charge in [-0.25, -0.2) is 4.79 Å². The number of carbonyl (C=O) groups is 1. The molecule has 0 N–H and O–H groups in total. The molecule has 2 aliphatic heterocycles. The highest BCUT2D eigenvalue weighted by molar-refractivity contribution is 6.31. The largest absolute Gasteiger partial charge is 0.443 e. The highest BCUT2D eigenvalue weighted by Crippen LogP contribution is 2.40. The number of morpholine rings is 1. The van der Waals surface area contributed by atoms with Crippen LogP contribution in [0.1, 0.15) is 44.7 Å². The van der Waals surface area contributed by atoms with Crippen LogP contribution in [0, 0.1) is 0 Å². The third kappa shape index (κ3) is 4.27. The molecule has 0 saturated carbocycles. The molecule has 0 aromatic heterocycles. The van der Waals surface area contributed by atoms with Crippen LogP contribution < -0.4 is 4.90 Å². The average Bonchev–Trinajstić information content (AvgIpc) is 2.84. The Morgan fingerprint density at radius 1 is 1.32 bits per heavy atom. The lowest BCUT2D eigenvalue weighted by molar-refractivity contribution is 0.0342. The highest BCUT2D eigenvalue weighted by Gasteiger charge is 2.33. The zero-order valence-corrected chi connectivity index (χ0v) is 16.2. The molecule has 2 aliphatic rings. The van der Waals surface area contributed by atoms with Gasteiger partial charge >= 0.3 is 6.09 Å². The lowest BCUT2D eigenvalue weighted by Gasteiger charge is -2.27. The van der Waals surface area contributed by atoms with Gasteiger partial charge < -0.3 is 9.47 Å². The van der Waals surface area contributed by atoms with Gasteiger partial charge in [-0.1, -0.05) is 24.6 Å². The number of rotatable bonds is 2. The van der Waals surface area contributed by atoms with Crippen molar-refractivity contribution in [1.29, 1.82) is 0 Å². The molecule has 1 aromatic carbocycles. The molecule has 1 fully saturated rings. The number of fused-ring (bicyclic) bond motifs is 1. The smallest absolute Gasteiger partial charge is 0.414 e. The molecule has 0 spiro atoms. The van der Waals surface area contributed by atoms with E-state index in [-0.39, 0.29) is 12.0 Å². The third-order valence-electron chi connectivity index (χ3n) is 4.59. The summed E-state index contributed by atoms with van der Waals surface area (Å²) in [7, 11) is 0. The lowest BCUT2D eigenvalue weighted by Crippen LogP contribution is -2.36. The Balaban J connectivity index is 1.82. The summed E-state index contributed by atoms with van der Waals surface area (Å²) < 4.78 is 10.9. The summed E-state index contributed by atoms with van der Waals surface area (Å²) in [5.41, 5.74) is 2.64. The zero-order valence-electron chi connectivity index (χ0n) is 15.5. The summed E-state index contributed by atoms with van der Waals surface area (Å²) in [5, 5.41) is 0.702. The summed E-state index contributed by atoms with van der Waals surface area (Å²) in [6.45, 7) is 12.6. The van der Waals surface area contributed by atoms with Gasteiger partial charge in [0.1, 0.15) is 5.60 Å². The van der Waals surface area contributed by atoms with Crippen molar-refractivity contribution in [3.63, 3.8) is 0 Å². The first-order chi connectivity index (χ1) is 11.7. The molecule has 6 heteroatoms. The molecular formula is C19H27ClN2O3. The number of hydrogen-bond donors (Lipinski definition) is 0. The van der Waals surface area contributed by atoms with Crippen LogP contribution in [0.25, 0.3) is 0 Å². The first-order valence-electron chi connectivity index (χ1n) is 8.87. The van der Waals surface area contributed by atoms with Gasteiger partial charge in [0.15, 0.2) is 0 Å². The van der Waals surface area contributed by atoms with E-state index < -0.39 is 5.60 Å². The van der Waals surface area contributed by atoms with Crippen LogP contribution >= 0.6 is 11.6 Å². The number of nitrogens with zero attached hydrogens (tertiary/aromatic N) is 2. The maximum atomic E-state index is 12.5. The Hall–Kier alpha value is -1.30. The second-order valence-electron chi connectivity index (χ2n) is 7.88. The Bertz CT molecular complexity index is 651. The van der Waals surface area contributed by atoms with Crippen LogP contribution in [0.3, 0.4) is 0 Å². The molecule has 138 valence electrons. The van der Waals surface area contributed by atoms with Crippen molar-refractivity contribution in [1.82, 2.24) is 4.90 Å². The molecule has 1 aromatic rings. The summed E-state index contributed by atoms with van der Waals surface area (Å²) in [6, 6.07) is 4.07. The maximum Gasteiger partial charge on any atom is 0.414 e.